The molecule has 2 aliphatic rings. The highest BCUT2D eigenvalue weighted by Crippen LogP contribution is 2.25. The third kappa shape index (κ3) is 4.53. The summed E-state index contributed by atoms with van der Waals surface area (Å²) in [5.74, 6) is 0. The zero-order valence-electron chi connectivity index (χ0n) is 16.5. The maximum absolute atomic E-state index is 13.1. The van der Waals surface area contributed by atoms with E-state index in [0.29, 0.717) is 0 Å². The van der Waals surface area contributed by atoms with Gasteiger partial charge < -0.3 is 10.2 Å². The standard InChI is InChI=1S/C23H30N4O/c28-23(27-16-6-15-26(17-18-27)21-9-4-5-10-21)25-22(19-7-2-1-3-8-19)20-11-13-24-14-12-20/h1-3,7-8,11-14,21-22H,4-6,9-10,15-18H2,(H,25,28)/t22-/m0/s1. The summed E-state index contributed by atoms with van der Waals surface area (Å²) in [5.41, 5.74) is 2.14. The van der Waals surface area contributed by atoms with Gasteiger partial charge >= 0.3 is 6.03 Å². The Morgan fingerprint density at radius 1 is 0.893 bits per heavy atom. The first-order chi connectivity index (χ1) is 13.8. The molecule has 1 saturated heterocycles. The van der Waals surface area contributed by atoms with Crippen LogP contribution in [0.2, 0.25) is 0 Å². The molecule has 1 aromatic heterocycles. The van der Waals surface area contributed by atoms with Crippen LogP contribution in [0.25, 0.3) is 0 Å². The van der Waals surface area contributed by atoms with Crippen LogP contribution >= 0.6 is 0 Å². The van der Waals surface area contributed by atoms with Crippen molar-refractivity contribution < 1.29 is 4.79 Å². The average Bonchev–Trinajstić information content (AvgIpc) is 3.17. The number of benzene rings is 1. The highest BCUT2D eigenvalue weighted by molar-refractivity contribution is 5.75. The fraction of sp³-hybridized carbons (Fsp3) is 0.478. The number of urea groups is 1. The van der Waals surface area contributed by atoms with Gasteiger partial charge in [0.15, 0.2) is 0 Å². The molecule has 2 aromatic rings. The maximum atomic E-state index is 13.1. The number of nitrogens with zero attached hydrogens (tertiary/aromatic N) is 3. The highest BCUT2D eigenvalue weighted by atomic mass is 16.2. The van der Waals surface area contributed by atoms with Gasteiger partial charge in [0.05, 0.1) is 6.04 Å². The third-order valence-electron chi connectivity index (χ3n) is 6.10. The summed E-state index contributed by atoms with van der Waals surface area (Å²) >= 11 is 0. The molecule has 0 unspecified atom stereocenters. The Kier molecular flexibility index (Phi) is 6.22. The van der Waals surface area contributed by atoms with Crippen molar-refractivity contribution in [1.29, 1.82) is 0 Å². The lowest BCUT2D eigenvalue weighted by Gasteiger charge is -2.28. The Morgan fingerprint density at radius 3 is 2.36 bits per heavy atom. The van der Waals surface area contributed by atoms with E-state index in [4.69, 9.17) is 0 Å². The summed E-state index contributed by atoms with van der Waals surface area (Å²) in [5, 5.41) is 3.27. The van der Waals surface area contributed by atoms with Gasteiger partial charge in [0.2, 0.25) is 0 Å². The second-order valence-electron chi connectivity index (χ2n) is 7.89. The van der Waals surface area contributed by atoms with Crippen LogP contribution in [0.5, 0.6) is 0 Å². The van der Waals surface area contributed by atoms with Crippen molar-refractivity contribution in [3.05, 3.63) is 66.0 Å². The highest BCUT2D eigenvalue weighted by Gasteiger charge is 2.27. The predicted molar refractivity (Wildman–Crippen MR) is 111 cm³/mol. The minimum atomic E-state index is -0.161. The summed E-state index contributed by atoms with van der Waals surface area (Å²) < 4.78 is 0. The number of nitrogens with one attached hydrogen (secondary N) is 1. The molecule has 1 aliphatic heterocycles. The molecule has 5 heteroatoms. The Bertz CT molecular complexity index is 706. The summed E-state index contributed by atoms with van der Waals surface area (Å²) in [7, 11) is 0. The molecule has 1 aliphatic carbocycles. The van der Waals surface area contributed by atoms with Crippen LogP contribution in [0, 0.1) is 0 Å². The summed E-state index contributed by atoms with van der Waals surface area (Å²) in [6, 6.07) is 14.7. The van der Waals surface area contributed by atoms with E-state index >= 15 is 0 Å². The molecule has 1 saturated carbocycles. The minimum absolute atomic E-state index is 0.0268. The van der Waals surface area contributed by atoms with Gasteiger partial charge in [-0.2, -0.15) is 0 Å². The van der Waals surface area contributed by atoms with Crippen molar-refractivity contribution in [1.82, 2.24) is 20.1 Å². The van der Waals surface area contributed by atoms with Crippen molar-refractivity contribution >= 4 is 6.03 Å². The van der Waals surface area contributed by atoms with E-state index in [1.165, 1.54) is 25.7 Å². The van der Waals surface area contributed by atoms with E-state index in [2.05, 4.69) is 27.3 Å². The van der Waals surface area contributed by atoms with E-state index < -0.39 is 0 Å². The van der Waals surface area contributed by atoms with Gasteiger partial charge in [0.25, 0.3) is 0 Å². The van der Waals surface area contributed by atoms with Crippen LogP contribution in [0.1, 0.15) is 49.3 Å². The van der Waals surface area contributed by atoms with E-state index in [-0.39, 0.29) is 12.1 Å². The van der Waals surface area contributed by atoms with Gasteiger partial charge in [-0.05, 0) is 42.5 Å². The van der Waals surface area contributed by atoms with Crippen molar-refractivity contribution in [2.75, 3.05) is 26.2 Å². The number of pyridine rings is 1. The van der Waals surface area contributed by atoms with Gasteiger partial charge in [-0.3, -0.25) is 9.88 Å². The number of carbonyl (C=O) groups excluding carboxylic acids is 1. The van der Waals surface area contributed by atoms with E-state index in [1.807, 2.05) is 35.2 Å². The van der Waals surface area contributed by atoms with Crippen molar-refractivity contribution in [3.63, 3.8) is 0 Å². The second kappa shape index (κ2) is 9.20. The van der Waals surface area contributed by atoms with Crippen LogP contribution in [0.3, 0.4) is 0 Å². The Labute approximate surface area is 167 Å². The Hall–Kier alpha value is -2.40. The molecule has 1 atom stereocenters. The van der Waals surface area contributed by atoms with Gasteiger partial charge in [-0.25, -0.2) is 4.79 Å². The molecule has 0 bridgehead atoms. The summed E-state index contributed by atoms with van der Waals surface area (Å²) in [4.78, 5) is 21.8. The average molecular weight is 379 g/mol. The van der Waals surface area contributed by atoms with Gasteiger partial charge in [0, 0.05) is 44.6 Å². The first kappa shape index (κ1) is 18.9. The molecule has 0 radical (unpaired) electrons. The number of rotatable bonds is 4. The van der Waals surface area contributed by atoms with E-state index in [1.54, 1.807) is 12.4 Å². The number of carbonyl (C=O) groups is 1. The molecule has 4 rings (SSSR count). The fourth-order valence-corrected chi connectivity index (χ4v) is 4.55. The van der Waals surface area contributed by atoms with Crippen molar-refractivity contribution in [2.45, 2.75) is 44.2 Å². The molecule has 0 spiro atoms. The lowest BCUT2D eigenvalue weighted by atomic mass is 10.00. The molecule has 1 aromatic carbocycles. The molecule has 1 N–H and O–H groups in total. The topological polar surface area (TPSA) is 48.5 Å². The predicted octanol–water partition coefficient (Wildman–Crippen LogP) is 3.83. The van der Waals surface area contributed by atoms with E-state index in [9.17, 15) is 4.79 Å². The molecular formula is C23H30N4O. The molecule has 2 amide bonds. The maximum Gasteiger partial charge on any atom is 0.318 e. The molecular weight excluding hydrogens is 348 g/mol. The zero-order valence-corrected chi connectivity index (χ0v) is 16.5. The number of amides is 2. The van der Waals surface area contributed by atoms with Gasteiger partial charge in [0.1, 0.15) is 0 Å². The Balaban J connectivity index is 1.44. The third-order valence-corrected chi connectivity index (χ3v) is 6.10. The minimum Gasteiger partial charge on any atom is -0.327 e. The lowest BCUT2D eigenvalue weighted by Crippen LogP contribution is -2.44. The largest absolute Gasteiger partial charge is 0.327 e. The van der Waals surface area contributed by atoms with Gasteiger partial charge in [-0.1, -0.05) is 43.2 Å². The Morgan fingerprint density at radius 2 is 1.61 bits per heavy atom. The van der Waals surface area contributed by atoms with Crippen LogP contribution in [-0.2, 0) is 0 Å². The first-order valence-electron chi connectivity index (χ1n) is 10.6. The molecule has 148 valence electrons. The second-order valence-corrected chi connectivity index (χ2v) is 7.89. The number of hydrogen-bond acceptors (Lipinski definition) is 3. The van der Waals surface area contributed by atoms with Crippen LogP contribution in [0.4, 0.5) is 4.79 Å². The molecule has 5 nitrogen and oxygen atoms in total. The lowest BCUT2D eigenvalue weighted by molar-refractivity contribution is 0.186. The van der Waals surface area contributed by atoms with Crippen LogP contribution in [0.15, 0.2) is 54.9 Å². The molecule has 2 fully saturated rings. The van der Waals surface area contributed by atoms with Gasteiger partial charge in [-0.15, -0.1) is 0 Å². The van der Waals surface area contributed by atoms with Crippen molar-refractivity contribution in [2.24, 2.45) is 0 Å². The summed E-state index contributed by atoms with van der Waals surface area (Å²) in [6.45, 7) is 3.73. The SMILES string of the molecule is O=C(N[C@@H](c1ccccc1)c1ccncc1)N1CCCN(C2CCCC2)CC1. The molecule has 2 heterocycles. The zero-order chi connectivity index (χ0) is 19.2. The fourth-order valence-electron chi connectivity index (χ4n) is 4.55. The van der Waals surface area contributed by atoms with E-state index in [0.717, 1.165) is 49.8 Å². The number of aromatic nitrogens is 1. The first-order valence-corrected chi connectivity index (χ1v) is 10.6. The summed E-state index contributed by atoms with van der Waals surface area (Å²) in [6.07, 6.45) is 9.97. The quantitative estimate of drug-likeness (QED) is 0.880. The normalized spacial score (nSPS) is 19.9. The van der Waals surface area contributed by atoms with Crippen molar-refractivity contribution in [3.8, 4) is 0 Å². The monoisotopic (exact) mass is 378 g/mol. The molecule has 28 heavy (non-hydrogen) atoms. The smallest absolute Gasteiger partial charge is 0.318 e. The number of hydrogen-bond donors (Lipinski definition) is 1. The van der Waals surface area contributed by atoms with Crippen LogP contribution in [-0.4, -0.2) is 53.0 Å². The van der Waals surface area contributed by atoms with Crippen LogP contribution < -0.4 is 5.32 Å².